The zero-order valence-electron chi connectivity index (χ0n) is 11.2. The number of hydrogen-bond donors (Lipinski definition) is 1. The third-order valence-corrected chi connectivity index (χ3v) is 3.71. The van der Waals surface area contributed by atoms with E-state index in [9.17, 15) is 4.39 Å². The summed E-state index contributed by atoms with van der Waals surface area (Å²) in [5, 5.41) is 4.19. The summed E-state index contributed by atoms with van der Waals surface area (Å²) in [5.41, 5.74) is 1.70. The molecule has 1 nitrogen and oxygen atoms in total. The third-order valence-electron chi connectivity index (χ3n) is 3.07. The maximum Gasteiger partial charge on any atom is 0.142 e. The second kappa shape index (κ2) is 7.07. The molecule has 20 heavy (non-hydrogen) atoms. The fourth-order valence-corrected chi connectivity index (χ4v) is 2.56. The summed E-state index contributed by atoms with van der Waals surface area (Å²) >= 11 is 12.2. The molecule has 0 saturated carbocycles. The van der Waals surface area contributed by atoms with Gasteiger partial charge in [-0.25, -0.2) is 4.39 Å². The van der Waals surface area contributed by atoms with Gasteiger partial charge in [-0.15, -0.1) is 0 Å². The minimum absolute atomic E-state index is 0.154. The highest BCUT2D eigenvalue weighted by atomic mass is 35.5. The van der Waals surface area contributed by atoms with Crippen LogP contribution < -0.4 is 5.32 Å². The molecule has 0 fully saturated rings. The van der Waals surface area contributed by atoms with Gasteiger partial charge in [0.2, 0.25) is 0 Å². The van der Waals surface area contributed by atoms with Crippen LogP contribution in [-0.2, 0) is 0 Å². The topological polar surface area (TPSA) is 12.0 Å². The lowest BCUT2D eigenvalue weighted by molar-refractivity contribution is 0.586. The van der Waals surface area contributed by atoms with Gasteiger partial charge in [-0.3, -0.25) is 0 Å². The average molecular weight is 312 g/mol. The minimum atomic E-state index is -0.408. The molecule has 106 valence electrons. The van der Waals surface area contributed by atoms with E-state index in [1.807, 2.05) is 30.3 Å². The van der Waals surface area contributed by atoms with E-state index in [1.54, 1.807) is 6.07 Å². The Morgan fingerprint density at radius 1 is 1.15 bits per heavy atom. The molecular weight excluding hydrogens is 296 g/mol. The van der Waals surface area contributed by atoms with Crippen molar-refractivity contribution in [1.29, 1.82) is 0 Å². The highest BCUT2D eigenvalue weighted by molar-refractivity contribution is 6.31. The molecular formula is C16H16Cl2FN. The van der Waals surface area contributed by atoms with Gasteiger partial charge in [0, 0.05) is 5.02 Å². The third kappa shape index (κ3) is 3.51. The number of nitrogens with one attached hydrogen (secondary N) is 1. The monoisotopic (exact) mass is 311 g/mol. The van der Waals surface area contributed by atoms with Crippen LogP contribution in [0.15, 0.2) is 42.5 Å². The number of hydrogen-bond acceptors (Lipinski definition) is 1. The highest BCUT2D eigenvalue weighted by Crippen LogP contribution is 2.31. The van der Waals surface area contributed by atoms with Gasteiger partial charge in [0.25, 0.3) is 0 Å². The van der Waals surface area contributed by atoms with Crippen LogP contribution in [0.2, 0.25) is 10.0 Å². The Balaban J connectivity index is 2.44. The summed E-state index contributed by atoms with van der Waals surface area (Å²) in [6, 6.07) is 12.2. The molecule has 0 bridgehead atoms. The maximum atomic E-state index is 13.7. The van der Waals surface area contributed by atoms with Crippen LogP contribution in [0.3, 0.4) is 0 Å². The lowest BCUT2D eigenvalue weighted by Gasteiger charge is -2.21. The van der Waals surface area contributed by atoms with Crippen LogP contribution in [0, 0.1) is 5.82 Å². The molecule has 0 aliphatic rings. The fourth-order valence-electron chi connectivity index (χ4n) is 2.13. The highest BCUT2D eigenvalue weighted by Gasteiger charge is 2.18. The molecule has 1 N–H and O–H groups in total. The summed E-state index contributed by atoms with van der Waals surface area (Å²) in [6.45, 7) is 2.89. The van der Waals surface area contributed by atoms with E-state index in [0.29, 0.717) is 5.02 Å². The molecule has 0 saturated heterocycles. The van der Waals surface area contributed by atoms with Crippen molar-refractivity contribution in [3.63, 3.8) is 0 Å². The Morgan fingerprint density at radius 2 is 1.90 bits per heavy atom. The Kier molecular flexibility index (Phi) is 5.41. The summed E-state index contributed by atoms with van der Waals surface area (Å²) in [4.78, 5) is 0. The van der Waals surface area contributed by atoms with E-state index in [0.717, 1.165) is 24.1 Å². The van der Waals surface area contributed by atoms with Crippen LogP contribution in [0.5, 0.6) is 0 Å². The molecule has 0 aromatic heterocycles. The van der Waals surface area contributed by atoms with Crippen molar-refractivity contribution in [2.75, 3.05) is 6.54 Å². The van der Waals surface area contributed by atoms with E-state index >= 15 is 0 Å². The van der Waals surface area contributed by atoms with Gasteiger partial charge in [0.1, 0.15) is 5.82 Å². The summed E-state index contributed by atoms with van der Waals surface area (Å²) in [6.07, 6.45) is 0.976. The summed E-state index contributed by atoms with van der Waals surface area (Å²) in [7, 11) is 0. The van der Waals surface area contributed by atoms with Gasteiger partial charge in [-0.2, -0.15) is 0 Å². The van der Waals surface area contributed by atoms with Crippen molar-refractivity contribution in [3.05, 3.63) is 69.5 Å². The lowest BCUT2D eigenvalue weighted by Crippen LogP contribution is -2.23. The molecule has 0 spiro atoms. The maximum absolute atomic E-state index is 13.7. The first-order valence-corrected chi connectivity index (χ1v) is 7.31. The van der Waals surface area contributed by atoms with Crippen molar-refractivity contribution >= 4 is 23.2 Å². The quantitative estimate of drug-likeness (QED) is 0.798. The predicted octanol–water partition coefficient (Wildman–Crippen LogP) is 5.22. The molecule has 0 aliphatic carbocycles. The Bertz CT molecular complexity index is 586. The first-order chi connectivity index (χ1) is 9.63. The number of halogens is 3. The average Bonchev–Trinajstić information content (AvgIpc) is 2.44. The molecule has 1 atom stereocenters. The first-order valence-electron chi connectivity index (χ1n) is 6.56. The van der Waals surface area contributed by atoms with E-state index in [2.05, 4.69) is 12.2 Å². The SMILES string of the molecule is CCCNC(c1cccc(Cl)c1)c1cccc(F)c1Cl. The first kappa shape index (κ1) is 15.3. The van der Waals surface area contributed by atoms with Gasteiger partial charge in [0.15, 0.2) is 0 Å². The molecule has 0 aliphatic heterocycles. The fraction of sp³-hybridized carbons (Fsp3) is 0.250. The van der Waals surface area contributed by atoms with E-state index < -0.39 is 5.82 Å². The van der Waals surface area contributed by atoms with E-state index in [1.165, 1.54) is 6.07 Å². The van der Waals surface area contributed by atoms with Crippen LogP contribution >= 0.6 is 23.2 Å². The van der Waals surface area contributed by atoms with Gasteiger partial charge in [0.05, 0.1) is 11.1 Å². The molecule has 0 heterocycles. The molecule has 2 rings (SSSR count). The minimum Gasteiger partial charge on any atom is -0.306 e. The van der Waals surface area contributed by atoms with Crippen molar-refractivity contribution in [2.24, 2.45) is 0 Å². The second-order valence-corrected chi connectivity index (χ2v) is 5.40. The van der Waals surface area contributed by atoms with Crippen molar-refractivity contribution in [2.45, 2.75) is 19.4 Å². The van der Waals surface area contributed by atoms with Crippen molar-refractivity contribution in [1.82, 2.24) is 5.32 Å². The van der Waals surface area contributed by atoms with Crippen LogP contribution in [0.4, 0.5) is 4.39 Å². The van der Waals surface area contributed by atoms with Crippen LogP contribution in [-0.4, -0.2) is 6.54 Å². The normalized spacial score (nSPS) is 12.4. The van der Waals surface area contributed by atoms with Crippen molar-refractivity contribution in [3.8, 4) is 0 Å². The molecule has 2 aromatic rings. The van der Waals surface area contributed by atoms with Gasteiger partial charge < -0.3 is 5.32 Å². The summed E-state index contributed by atoms with van der Waals surface area (Å²) < 4.78 is 13.7. The molecule has 4 heteroatoms. The smallest absolute Gasteiger partial charge is 0.142 e. The largest absolute Gasteiger partial charge is 0.306 e. The van der Waals surface area contributed by atoms with Crippen molar-refractivity contribution < 1.29 is 4.39 Å². The zero-order valence-corrected chi connectivity index (χ0v) is 12.7. The number of benzene rings is 2. The van der Waals surface area contributed by atoms with E-state index in [4.69, 9.17) is 23.2 Å². The Hall–Kier alpha value is -1.09. The van der Waals surface area contributed by atoms with E-state index in [-0.39, 0.29) is 11.1 Å². The zero-order chi connectivity index (χ0) is 14.5. The second-order valence-electron chi connectivity index (χ2n) is 4.59. The lowest BCUT2D eigenvalue weighted by atomic mass is 9.98. The standard InChI is InChI=1S/C16H16Cl2FN/c1-2-9-20-16(11-5-3-6-12(17)10-11)13-7-4-8-14(19)15(13)18/h3-8,10,16,20H,2,9H2,1H3. The van der Waals surface area contributed by atoms with Gasteiger partial charge >= 0.3 is 0 Å². The Morgan fingerprint density at radius 3 is 2.60 bits per heavy atom. The van der Waals surface area contributed by atoms with Gasteiger partial charge in [-0.05, 0) is 42.3 Å². The van der Waals surface area contributed by atoms with Crippen LogP contribution in [0.1, 0.15) is 30.5 Å². The number of rotatable bonds is 5. The Labute approximate surface area is 128 Å². The summed E-state index contributed by atoms with van der Waals surface area (Å²) in [5.74, 6) is -0.408. The van der Waals surface area contributed by atoms with Crippen LogP contribution in [0.25, 0.3) is 0 Å². The molecule has 0 radical (unpaired) electrons. The molecule has 1 unspecified atom stereocenters. The predicted molar refractivity (Wildman–Crippen MR) is 83.0 cm³/mol. The van der Waals surface area contributed by atoms with Gasteiger partial charge in [-0.1, -0.05) is 54.4 Å². The molecule has 2 aromatic carbocycles. The molecule has 0 amide bonds.